The van der Waals surface area contributed by atoms with Crippen LogP contribution in [0.15, 0.2) is 52.9 Å². The molecule has 5 rings (SSSR count). The number of nitrogens with zero attached hydrogens (tertiary/aromatic N) is 2. The van der Waals surface area contributed by atoms with Gasteiger partial charge in [-0.15, -0.1) is 0 Å². The lowest BCUT2D eigenvalue weighted by atomic mass is 10.1. The van der Waals surface area contributed by atoms with Crippen LogP contribution in [0.1, 0.15) is 36.2 Å². The lowest BCUT2D eigenvalue weighted by Crippen LogP contribution is -2.35. The van der Waals surface area contributed by atoms with Crippen molar-refractivity contribution < 1.29 is 18.8 Å². The molecule has 0 saturated carbocycles. The second-order valence-corrected chi connectivity index (χ2v) is 9.03. The minimum Gasteiger partial charge on any atom is -0.451 e. The summed E-state index contributed by atoms with van der Waals surface area (Å²) >= 11 is 5.99. The molecule has 8 heteroatoms. The van der Waals surface area contributed by atoms with Gasteiger partial charge < -0.3 is 19.5 Å². The molecular weight excluding hydrogens is 442 g/mol. The second kappa shape index (κ2) is 8.90. The molecule has 0 bridgehead atoms. The summed E-state index contributed by atoms with van der Waals surface area (Å²) < 4.78 is 5.60. The van der Waals surface area contributed by atoms with Gasteiger partial charge >= 0.3 is 0 Å². The Morgan fingerprint density at radius 1 is 1.00 bits per heavy atom. The van der Waals surface area contributed by atoms with Gasteiger partial charge in [-0.25, -0.2) is 0 Å². The maximum Gasteiger partial charge on any atom is 0.287 e. The van der Waals surface area contributed by atoms with E-state index in [2.05, 4.69) is 5.32 Å². The van der Waals surface area contributed by atoms with Crippen LogP contribution in [0, 0.1) is 5.92 Å². The van der Waals surface area contributed by atoms with Gasteiger partial charge in [0.2, 0.25) is 11.8 Å². The monoisotopic (exact) mass is 465 g/mol. The quantitative estimate of drug-likeness (QED) is 0.606. The van der Waals surface area contributed by atoms with E-state index in [9.17, 15) is 14.4 Å². The zero-order chi connectivity index (χ0) is 22.9. The van der Waals surface area contributed by atoms with Crippen molar-refractivity contribution in [2.75, 3.05) is 29.4 Å². The Kier molecular flexibility index (Phi) is 5.81. The summed E-state index contributed by atoms with van der Waals surface area (Å²) in [7, 11) is 0. The molecule has 3 heterocycles. The SMILES string of the molecule is O=C(NCC1CC(=O)N(c2ccc(N3CCCCC3=O)cc2)C1)c1cc2cc(Cl)ccc2o1. The van der Waals surface area contributed by atoms with Gasteiger partial charge in [0.15, 0.2) is 5.76 Å². The number of rotatable bonds is 5. The van der Waals surface area contributed by atoms with Crippen molar-refractivity contribution in [3.63, 3.8) is 0 Å². The highest BCUT2D eigenvalue weighted by Crippen LogP contribution is 2.29. The average Bonchev–Trinajstić information content (AvgIpc) is 3.41. The molecular formula is C25H24ClN3O4. The second-order valence-electron chi connectivity index (χ2n) is 8.60. The zero-order valence-corrected chi connectivity index (χ0v) is 18.8. The maximum atomic E-state index is 12.6. The van der Waals surface area contributed by atoms with Gasteiger partial charge in [-0.1, -0.05) is 11.6 Å². The van der Waals surface area contributed by atoms with E-state index in [-0.39, 0.29) is 29.4 Å². The Balaban J connectivity index is 1.19. The highest BCUT2D eigenvalue weighted by molar-refractivity contribution is 6.31. The van der Waals surface area contributed by atoms with Gasteiger partial charge in [0, 0.05) is 60.2 Å². The van der Waals surface area contributed by atoms with Crippen molar-refractivity contribution in [1.82, 2.24) is 5.32 Å². The van der Waals surface area contributed by atoms with Gasteiger partial charge in [0.1, 0.15) is 5.58 Å². The highest BCUT2D eigenvalue weighted by atomic mass is 35.5. The van der Waals surface area contributed by atoms with Crippen molar-refractivity contribution in [1.29, 1.82) is 0 Å². The first-order chi connectivity index (χ1) is 16.0. The largest absolute Gasteiger partial charge is 0.451 e. The predicted molar refractivity (Wildman–Crippen MR) is 127 cm³/mol. The Bertz CT molecular complexity index is 1220. The van der Waals surface area contributed by atoms with Crippen molar-refractivity contribution in [2.24, 2.45) is 5.92 Å². The molecule has 3 aromatic rings. The number of nitrogens with one attached hydrogen (secondary N) is 1. The molecule has 170 valence electrons. The number of halogens is 1. The third kappa shape index (κ3) is 4.46. The number of amides is 3. The molecule has 1 N–H and O–H groups in total. The van der Waals surface area contributed by atoms with Crippen LogP contribution in [0.5, 0.6) is 0 Å². The van der Waals surface area contributed by atoms with Crippen LogP contribution >= 0.6 is 11.6 Å². The topological polar surface area (TPSA) is 82.9 Å². The number of hydrogen-bond acceptors (Lipinski definition) is 4. The number of piperidine rings is 1. The van der Waals surface area contributed by atoms with Crippen molar-refractivity contribution in [3.8, 4) is 0 Å². The third-order valence-corrected chi connectivity index (χ3v) is 6.49. The summed E-state index contributed by atoms with van der Waals surface area (Å²) in [5.41, 5.74) is 2.27. The predicted octanol–water partition coefficient (Wildman–Crippen LogP) is 4.39. The maximum absolute atomic E-state index is 12.6. The normalized spacial score (nSPS) is 18.9. The number of hydrogen-bond donors (Lipinski definition) is 1. The van der Waals surface area contributed by atoms with E-state index in [1.165, 1.54) is 0 Å². The molecule has 2 saturated heterocycles. The Morgan fingerprint density at radius 3 is 2.52 bits per heavy atom. The van der Waals surface area contributed by atoms with Crippen LogP contribution in [0.2, 0.25) is 5.02 Å². The first-order valence-electron chi connectivity index (χ1n) is 11.2. The van der Waals surface area contributed by atoms with Crippen molar-refractivity contribution in [2.45, 2.75) is 25.7 Å². The molecule has 1 atom stereocenters. The van der Waals surface area contributed by atoms with Gasteiger partial charge in [-0.3, -0.25) is 14.4 Å². The van der Waals surface area contributed by atoms with Crippen LogP contribution in [0.3, 0.4) is 0 Å². The summed E-state index contributed by atoms with van der Waals surface area (Å²) in [5.74, 6) is 0.0766. The van der Waals surface area contributed by atoms with E-state index in [4.69, 9.17) is 16.0 Å². The molecule has 3 amide bonds. The zero-order valence-electron chi connectivity index (χ0n) is 18.1. The molecule has 1 aromatic heterocycles. The summed E-state index contributed by atoms with van der Waals surface area (Å²) in [5, 5.41) is 4.22. The van der Waals surface area contributed by atoms with Crippen LogP contribution in [-0.2, 0) is 9.59 Å². The van der Waals surface area contributed by atoms with Crippen molar-refractivity contribution in [3.05, 3.63) is 59.3 Å². The lowest BCUT2D eigenvalue weighted by Gasteiger charge is -2.27. The smallest absolute Gasteiger partial charge is 0.287 e. The van der Waals surface area contributed by atoms with E-state index in [0.717, 1.165) is 36.1 Å². The van der Waals surface area contributed by atoms with Crippen molar-refractivity contribution >= 4 is 51.7 Å². The van der Waals surface area contributed by atoms with E-state index >= 15 is 0 Å². The number of anilines is 2. The molecule has 0 spiro atoms. The molecule has 2 fully saturated rings. The van der Waals surface area contributed by atoms with Crippen LogP contribution < -0.4 is 15.1 Å². The fourth-order valence-electron chi connectivity index (χ4n) is 4.51. The minimum atomic E-state index is -0.316. The summed E-state index contributed by atoms with van der Waals surface area (Å²) in [6.07, 6.45) is 2.90. The summed E-state index contributed by atoms with van der Waals surface area (Å²) in [6, 6.07) is 14.4. The first-order valence-corrected chi connectivity index (χ1v) is 11.5. The van der Waals surface area contributed by atoms with E-state index in [1.54, 1.807) is 29.2 Å². The van der Waals surface area contributed by atoms with Crippen LogP contribution in [-0.4, -0.2) is 37.4 Å². The Morgan fingerprint density at radius 2 is 1.76 bits per heavy atom. The number of furan rings is 1. The summed E-state index contributed by atoms with van der Waals surface area (Å²) in [6.45, 7) is 1.64. The number of carbonyl (C=O) groups is 3. The Hall–Kier alpha value is -3.32. The van der Waals surface area contributed by atoms with Crippen LogP contribution in [0.25, 0.3) is 11.0 Å². The molecule has 7 nitrogen and oxygen atoms in total. The van der Waals surface area contributed by atoms with Gasteiger partial charge in [-0.05, 0) is 61.4 Å². The molecule has 2 aliphatic rings. The fourth-order valence-corrected chi connectivity index (χ4v) is 4.69. The van der Waals surface area contributed by atoms with Gasteiger partial charge in [0.25, 0.3) is 5.91 Å². The van der Waals surface area contributed by atoms with Gasteiger partial charge in [-0.2, -0.15) is 0 Å². The van der Waals surface area contributed by atoms with E-state index in [0.29, 0.717) is 36.5 Å². The van der Waals surface area contributed by atoms with E-state index in [1.807, 2.05) is 29.2 Å². The fraction of sp³-hybridized carbons (Fsp3) is 0.320. The molecule has 2 aromatic carbocycles. The van der Waals surface area contributed by atoms with Gasteiger partial charge in [0.05, 0.1) is 0 Å². The standard InChI is InChI=1S/C25H24ClN3O4/c26-18-4-9-21-17(12-18)13-22(33-21)25(32)27-14-16-11-24(31)29(15-16)20-7-5-19(6-8-20)28-10-2-1-3-23(28)30/h4-9,12-13,16H,1-3,10-11,14-15H2,(H,27,32). The number of fused-ring (bicyclic) bond motifs is 1. The molecule has 0 radical (unpaired) electrons. The molecule has 2 aliphatic heterocycles. The highest BCUT2D eigenvalue weighted by Gasteiger charge is 2.31. The lowest BCUT2D eigenvalue weighted by molar-refractivity contribution is -0.119. The minimum absolute atomic E-state index is 0.00335. The average molecular weight is 466 g/mol. The number of carbonyl (C=O) groups excluding carboxylic acids is 3. The molecule has 1 unspecified atom stereocenters. The van der Waals surface area contributed by atoms with E-state index < -0.39 is 0 Å². The number of benzene rings is 2. The molecule has 0 aliphatic carbocycles. The first kappa shape index (κ1) is 21.5. The molecule has 33 heavy (non-hydrogen) atoms. The summed E-state index contributed by atoms with van der Waals surface area (Å²) in [4.78, 5) is 40.8. The van der Waals surface area contributed by atoms with Crippen LogP contribution in [0.4, 0.5) is 11.4 Å². The third-order valence-electron chi connectivity index (χ3n) is 6.26. The Labute approximate surface area is 196 Å².